The van der Waals surface area contributed by atoms with Gasteiger partial charge in [0.15, 0.2) is 11.5 Å². The van der Waals surface area contributed by atoms with Crippen LogP contribution in [0.2, 0.25) is 0 Å². The number of aryl methyl sites for hydroxylation is 1. The van der Waals surface area contributed by atoms with E-state index in [0.29, 0.717) is 13.2 Å². The number of pyridine rings is 1. The minimum atomic E-state index is 0.0601. The zero-order chi connectivity index (χ0) is 20.1. The Labute approximate surface area is 171 Å². The summed E-state index contributed by atoms with van der Waals surface area (Å²) in [5, 5.41) is 0. The number of anilines is 2. The van der Waals surface area contributed by atoms with E-state index >= 15 is 0 Å². The number of benzene rings is 2. The molecule has 0 amide bonds. The Morgan fingerprint density at radius 1 is 1.07 bits per heavy atom. The van der Waals surface area contributed by atoms with Crippen LogP contribution in [-0.2, 0) is 11.3 Å². The van der Waals surface area contributed by atoms with E-state index in [-0.39, 0.29) is 6.10 Å². The van der Waals surface area contributed by atoms with Crippen LogP contribution in [0.1, 0.15) is 17.5 Å². The van der Waals surface area contributed by atoms with E-state index in [0.717, 1.165) is 41.5 Å². The van der Waals surface area contributed by atoms with E-state index < -0.39 is 0 Å². The highest BCUT2D eigenvalue weighted by Crippen LogP contribution is 2.37. The lowest BCUT2D eigenvalue weighted by atomic mass is 10.1. The number of hydrogen-bond donors (Lipinski definition) is 0. The summed E-state index contributed by atoms with van der Waals surface area (Å²) in [6.45, 7) is 4.16. The Morgan fingerprint density at radius 2 is 1.97 bits per heavy atom. The second-order valence-corrected chi connectivity index (χ2v) is 7.23. The molecule has 4 rings (SSSR count). The average molecular weight is 390 g/mol. The van der Waals surface area contributed by atoms with Gasteiger partial charge in [0.05, 0.1) is 20.3 Å². The fraction of sp³-hybridized carbons (Fsp3) is 0.292. The van der Waals surface area contributed by atoms with E-state index in [4.69, 9.17) is 14.2 Å². The molecule has 1 aromatic heterocycles. The predicted molar refractivity (Wildman–Crippen MR) is 114 cm³/mol. The minimum absolute atomic E-state index is 0.0601. The molecule has 1 saturated heterocycles. The van der Waals surface area contributed by atoms with Crippen molar-refractivity contribution in [2.24, 2.45) is 0 Å². The Bertz CT molecular complexity index is 940. The topological polar surface area (TPSA) is 43.8 Å². The first-order valence-corrected chi connectivity index (χ1v) is 9.88. The quantitative estimate of drug-likeness (QED) is 0.574. The van der Waals surface area contributed by atoms with E-state index in [1.54, 1.807) is 13.3 Å². The van der Waals surface area contributed by atoms with Crippen molar-refractivity contribution in [1.82, 2.24) is 4.98 Å². The van der Waals surface area contributed by atoms with Gasteiger partial charge in [-0.2, -0.15) is 0 Å². The van der Waals surface area contributed by atoms with Crippen molar-refractivity contribution in [1.29, 1.82) is 0 Å². The zero-order valence-corrected chi connectivity index (χ0v) is 16.9. The summed E-state index contributed by atoms with van der Waals surface area (Å²) in [6, 6.07) is 18.6. The van der Waals surface area contributed by atoms with Gasteiger partial charge < -0.3 is 19.1 Å². The van der Waals surface area contributed by atoms with Crippen LogP contribution in [0.25, 0.3) is 0 Å². The van der Waals surface area contributed by atoms with Gasteiger partial charge in [0.2, 0.25) is 0 Å². The molecule has 2 aromatic carbocycles. The molecule has 1 fully saturated rings. The van der Waals surface area contributed by atoms with Crippen molar-refractivity contribution in [3.8, 4) is 11.5 Å². The van der Waals surface area contributed by atoms with Crippen LogP contribution in [0.5, 0.6) is 11.5 Å². The Balaban J connectivity index is 1.71. The number of nitrogens with zero attached hydrogens (tertiary/aromatic N) is 2. The van der Waals surface area contributed by atoms with Gasteiger partial charge in [0, 0.05) is 42.8 Å². The standard InChI is InChI=1S/C24H26N2O3/c1-18-5-3-7-20(13-18)26(16-19-6-4-11-25-15-19)21-8-9-23(27-2)24(14-21)29-22-10-12-28-17-22/h3-9,11,13-15,22H,10,12,16-17H2,1-2H3. The first-order valence-electron chi connectivity index (χ1n) is 9.88. The highest BCUT2D eigenvalue weighted by molar-refractivity contribution is 5.67. The van der Waals surface area contributed by atoms with E-state index in [2.05, 4.69) is 59.3 Å². The molecule has 1 atom stereocenters. The molecular weight excluding hydrogens is 364 g/mol. The highest BCUT2D eigenvalue weighted by atomic mass is 16.6. The molecule has 1 unspecified atom stereocenters. The predicted octanol–water partition coefficient (Wildman–Crippen LogP) is 4.90. The van der Waals surface area contributed by atoms with Crippen LogP contribution >= 0.6 is 0 Å². The summed E-state index contributed by atoms with van der Waals surface area (Å²) in [4.78, 5) is 6.54. The second kappa shape index (κ2) is 8.97. The molecule has 5 heteroatoms. The zero-order valence-electron chi connectivity index (χ0n) is 16.9. The van der Waals surface area contributed by atoms with Crippen LogP contribution in [0.15, 0.2) is 67.0 Å². The maximum Gasteiger partial charge on any atom is 0.163 e. The monoisotopic (exact) mass is 390 g/mol. The van der Waals surface area contributed by atoms with Crippen LogP contribution in [0, 0.1) is 6.92 Å². The molecule has 3 aromatic rings. The van der Waals surface area contributed by atoms with Gasteiger partial charge in [-0.15, -0.1) is 0 Å². The number of methoxy groups -OCH3 is 1. The van der Waals surface area contributed by atoms with Crippen molar-refractivity contribution in [2.45, 2.75) is 26.0 Å². The summed E-state index contributed by atoms with van der Waals surface area (Å²) in [5.74, 6) is 1.47. The molecule has 0 N–H and O–H groups in total. The number of ether oxygens (including phenoxy) is 3. The average Bonchev–Trinajstić information content (AvgIpc) is 3.26. The van der Waals surface area contributed by atoms with E-state index in [1.807, 2.05) is 18.3 Å². The molecule has 0 saturated carbocycles. The van der Waals surface area contributed by atoms with Gasteiger partial charge in [0.1, 0.15) is 6.10 Å². The van der Waals surface area contributed by atoms with Crippen LogP contribution < -0.4 is 14.4 Å². The van der Waals surface area contributed by atoms with Gasteiger partial charge in [-0.25, -0.2) is 0 Å². The van der Waals surface area contributed by atoms with Gasteiger partial charge in [-0.3, -0.25) is 4.98 Å². The van der Waals surface area contributed by atoms with Crippen molar-refractivity contribution in [2.75, 3.05) is 25.2 Å². The van der Waals surface area contributed by atoms with Crippen molar-refractivity contribution in [3.63, 3.8) is 0 Å². The molecule has 0 bridgehead atoms. The van der Waals surface area contributed by atoms with Gasteiger partial charge >= 0.3 is 0 Å². The first kappa shape index (κ1) is 19.3. The van der Waals surface area contributed by atoms with Crippen molar-refractivity contribution >= 4 is 11.4 Å². The Hall–Kier alpha value is -3.05. The van der Waals surface area contributed by atoms with Gasteiger partial charge in [-0.05, 0) is 48.4 Å². The number of aromatic nitrogens is 1. The molecule has 1 aliphatic heterocycles. The SMILES string of the molecule is COc1ccc(N(Cc2cccnc2)c2cccc(C)c2)cc1OC1CCOC1. The molecule has 2 heterocycles. The smallest absolute Gasteiger partial charge is 0.163 e. The molecule has 5 nitrogen and oxygen atoms in total. The molecule has 150 valence electrons. The molecule has 29 heavy (non-hydrogen) atoms. The molecular formula is C24H26N2O3. The molecule has 0 spiro atoms. The van der Waals surface area contributed by atoms with Crippen LogP contribution in [-0.4, -0.2) is 31.4 Å². The van der Waals surface area contributed by atoms with Crippen LogP contribution in [0.3, 0.4) is 0 Å². The third-order valence-corrected chi connectivity index (χ3v) is 5.02. The van der Waals surface area contributed by atoms with Crippen LogP contribution in [0.4, 0.5) is 11.4 Å². The maximum absolute atomic E-state index is 6.21. The summed E-state index contributed by atoms with van der Waals surface area (Å²) in [7, 11) is 1.67. The summed E-state index contributed by atoms with van der Waals surface area (Å²) in [5.41, 5.74) is 4.51. The molecule has 0 aliphatic carbocycles. The summed E-state index contributed by atoms with van der Waals surface area (Å²) in [6.07, 6.45) is 4.65. The minimum Gasteiger partial charge on any atom is -0.493 e. The lowest BCUT2D eigenvalue weighted by molar-refractivity contribution is 0.138. The second-order valence-electron chi connectivity index (χ2n) is 7.23. The van der Waals surface area contributed by atoms with Crippen molar-refractivity contribution < 1.29 is 14.2 Å². The fourth-order valence-corrected chi connectivity index (χ4v) is 3.51. The summed E-state index contributed by atoms with van der Waals surface area (Å²) >= 11 is 0. The first-order chi connectivity index (χ1) is 14.2. The lowest BCUT2D eigenvalue weighted by Crippen LogP contribution is -2.18. The van der Waals surface area contributed by atoms with E-state index in [9.17, 15) is 0 Å². The normalized spacial score (nSPS) is 15.9. The van der Waals surface area contributed by atoms with Crippen molar-refractivity contribution in [3.05, 3.63) is 78.1 Å². The van der Waals surface area contributed by atoms with E-state index in [1.165, 1.54) is 5.56 Å². The van der Waals surface area contributed by atoms with Gasteiger partial charge in [0.25, 0.3) is 0 Å². The lowest BCUT2D eigenvalue weighted by Gasteiger charge is -2.27. The summed E-state index contributed by atoms with van der Waals surface area (Å²) < 4.78 is 17.2. The maximum atomic E-state index is 6.21. The fourth-order valence-electron chi connectivity index (χ4n) is 3.51. The largest absolute Gasteiger partial charge is 0.493 e. The molecule has 1 aliphatic rings. The number of rotatable bonds is 7. The third-order valence-electron chi connectivity index (χ3n) is 5.02. The van der Waals surface area contributed by atoms with Gasteiger partial charge in [-0.1, -0.05) is 18.2 Å². The Morgan fingerprint density at radius 3 is 2.69 bits per heavy atom. The highest BCUT2D eigenvalue weighted by Gasteiger charge is 2.20. The molecule has 0 radical (unpaired) electrons. The number of hydrogen-bond acceptors (Lipinski definition) is 5. The Kier molecular flexibility index (Phi) is 5.96. The third kappa shape index (κ3) is 4.69.